The van der Waals surface area contributed by atoms with Crippen molar-refractivity contribution in [2.24, 2.45) is 11.1 Å². The van der Waals surface area contributed by atoms with Crippen molar-refractivity contribution >= 4 is 11.5 Å². The third kappa shape index (κ3) is 2.91. The van der Waals surface area contributed by atoms with E-state index in [0.29, 0.717) is 0 Å². The van der Waals surface area contributed by atoms with Crippen LogP contribution in [0.2, 0.25) is 0 Å². The van der Waals surface area contributed by atoms with Gasteiger partial charge in [0, 0.05) is 11.4 Å². The first-order chi connectivity index (χ1) is 5.49. The summed E-state index contributed by atoms with van der Waals surface area (Å²) < 4.78 is 4.22. The average molecular weight is 184 g/mol. The second-order valence-corrected chi connectivity index (χ2v) is 4.96. The van der Waals surface area contributed by atoms with Gasteiger partial charge in [0.15, 0.2) is 0 Å². The Labute approximate surface area is 78.0 Å². The highest BCUT2D eigenvalue weighted by Crippen LogP contribution is 2.27. The van der Waals surface area contributed by atoms with E-state index in [2.05, 4.69) is 25.1 Å². The molecule has 2 N–H and O–H groups in total. The van der Waals surface area contributed by atoms with E-state index >= 15 is 0 Å². The standard InChI is InChI=1S/C9H16N2S/c1-9(2,3)6-7(10)8-4-5-12-11-8/h4-5,7H,6,10H2,1-3H3. The normalized spacial score (nSPS) is 14.7. The summed E-state index contributed by atoms with van der Waals surface area (Å²) in [7, 11) is 0. The minimum absolute atomic E-state index is 0.0937. The Morgan fingerprint density at radius 1 is 1.58 bits per heavy atom. The van der Waals surface area contributed by atoms with Gasteiger partial charge in [-0.05, 0) is 29.4 Å². The van der Waals surface area contributed by atoms with E-state index in [0.717, 1.165) is 12.1 Å². The lowest BCUT2D eigenvalue weighted by atomic mass is 9.87. The van der Waals surface area contributed by atoms with Crippen molar-refractivity contribution in [1.82, 2.24) is 4.37 Å². The molecule has 68 valence electrons. The van der Waals surface area contributed by atoms with Gasteiger partial charge in [-0.25, -0.2) is 0 Å². The van der Waals surface area contributed by atoms with Gasteiger partial charge in [0.2, 0.25) is 0 Å². The summed E-state index contributed by atoms with van der Waals surface area (Å²) in [5.74, 6) is 0. The van der Waals surface area contributed by atoms with E-state index in [1.807, 2.05) is 11.4 Å². The van der Waals surface area contributed by atoms with Crippen LogP contribution in [0, 0.1) is 5.41 Å². The van der Waals surface area contributed by atoms with Crippen molar-refractivity contribution in [3.63, 3.8) is 0 Å². The molecule has 0 saturated heterocycles. The van der Waals surface area contributed by atoms with Gasteiger partial charge < -0.3 is 5.73 Å². The van der Waals surface area contributed by atoms with Gasteiger partial charge in [0.05, 0.1) is 5.69 Å². The largest absolute Gasteiger partial charge is 0.323 e. The summed E-state index contributed by atoms with van der Waals surface area (Å²) in [5, 5.41) is 1.97. The number of aromatic nitrogens is 1. The fraction of sp³-hybridized carbons (Fsp3) is 0.667. The molecule has 0 aromatic carbocycles. The third-order valence-corrected chi connectivity index (χ3v) is 2.24. The van der Waals surface area contributed by atoms with E-state index in [-0.39, 0.29) is 11.5 Å². The second kappa shape index (κ2) is 3.54. The van der Waals surface area contributed by atoms with E-state index in [1.165, 1.54) is 11.5 Å². The number of hydrogen-bond donors (Lipinski definition) is 1. The molecular formula is C9H16N2S. The topological polar surface area (TPSA) is 38.9 Å². The van der Waals surface area contributed by atoms with Crippen molar-refractivity contribution in [3.05, 3.63) is 17.1 Å². The number of nitrogens with two attached hydrogens (primary N) is 1. The maximum absolute atomic E-state index is 5.97. The molecule has 1 rings (SSSR count). The van der Waals surface area contributed by atoms with Gasteiger partial charge in [-0.3, -0.25) is 0 Å². The summed E-state index contributed by atoms with van der Waals surface area (Å²) in [6, 6.07) is 2.09. The highest BCUT2D eigenvalue weighted by molar-refractivity contribution is 7.03. The molecule has 1 atom stereocenters. The molecule has 0 aliphatic rings. The molecule has 0 bridgehead atoms. The predicted molar refractivity (Wildman–Crippen MR) is 53.1 cm³/mol. The Morgan fingerprint density at radius 3 is 2.67 bits per heavy atom. The number of nitrogens with zero attached hydrogens (tertiary/aromatic N) is 1. The fourth-order valence-corrected chi connectivity index (χ4v) is 1.76. The Morgan fingerprint density at radius 2 is 2.25 bits per heavy atom. The molecule has 0 aliphatic heterocycles. The monoisotopic (exact) mass is 184 g/mol. The summed E-state index contributed by atoms with van der Waals surface area (Å²) in [6.45, 7) is 6.58. The highest BCUT2D eigenvalue weighted by atomic mass is 32.1. The molecule has 1 heterocycles. The minimum atomic E-state index is 0.0937. The van der Waals surface area contributed by atoms with Crippen LogP contribution in [0.5, 0.6) is 0 Å². The van der Waals surface area contributed by atoms with Crippen molar-refractivity contribution in [2.45, 2.75) is 33.2 Å². The summed E-state index contributed by atoms with van der Waals surface area (Å²) in [5.41, 5.74) is 7.27. The number of rotatable bonds is 2. The first kappa shape index (κ1) is 9.68. The molecule has 12 heavy (non-hydrogen) atoms. The Kier molecular flexibility index (Phi) is 2.85. The average Bonchev–Trinajstić information content (AvgIpc) is 2.32. The molecule has 2 nitrogen and oxygen atoms in total. The Hall–Kier alpha value is -0.410. The summed E-state index contributed by atoms with van der Waals surface area (Å²) in [6.07, 6.45) is 0.983. The van der Waals surface area contributed by atoms with Gasteiger partial charge in [-0.15, -0.1) is 0 Å². The van der Waals surface area contributed by atoms with Gasteiger partial charge in [0.25, 0.3) is 0 Å². The quantitative estimate of drug-likeness (QED) is 0.767. The molecule has 1 unspecified atom stereocenters. The summed E-state index contributed by atoms with van der Waals surface area (Å²) in [4.78, 5) is 0. The van der Waals surface area contributed by atoms with Gasteiger partial charge in [-0.1, -0.05) is 20.8 Å². The molecule has 0 fully saturated rings. The van der Waals surface area contributed by atoms with Crippen molar-refractivity contribution in [2.75, 3.05) is 0 Å². The van der Waals surface area contributed by atoms with E-state index in [1.54, 1.807) is 0 Å². The Bertz CT molecular complexity index is 223. The molecule has 0 saturated carbocycles. The lowest BCUT2D eigenvalue weighted by molar-refractivity contribution is 0.341. The van der Waals surface area contributed by atoms with E-state index in [9.17, 15) is 0 Å². The second-order valence-electron chi connectivity index (χ2n) is 4.30. The van der Waals surface area contributed by atoms with Crippen LogP contribution in [-0.2, 0) is 0 Å². The summed E-state index contributed by atoms with van der Waals surface area (Å²) >= 11 is 1.46. The smallest absolute Gasteiger partial charge is 0.0709 e. The van der Waals surface area contributed by atoms with Crippen LogP contribution >= 0.6 is 11.5 Å². The first-order valence-electron chi connectivity index (χ1n) is 4.15. The molecule has 0 aliphatic carbocycles. The Balaban J connectivity index is 2.56. The first-order valence-corrected chi connectivity index (χ1v) is 4.98. The van der Waals surface area contributed by atoms with Gasteiger partial charge in [-0.2, -0.15) is 4.37 Å². The van der Waals surface area contributed by atoms with Crippen LogP contribution in [0.1, 0.15) is 38.9 Å². The van der Waals surface area contributed by atoms with Gasteiger partial charge in [0.1, 0.15) is 0 Å². The molecule has 0 radical (unpaired) electrons. The maximum Gasteiger partial charge on any atom is 0.0709 e. The zero-order chi connectivity index (χ0) is 9.19. The van der Waals surface area contributed by atoms with Crippen LogP contribution in [0.25, 0.3) is 0 Å². The lowest BCUT2D eigenvalue weighted by Gasteiger charge is -2.21. The highest BCUT2D eigenvalue weighted by Gasteiger charge is 2.17. The molecule has 0 spiro atoms. The molecule has 0 amide bonds. The van der Waals surface area contributed by atoms with Crippen molar-refractivity contribution in [1.29, 1.82) is 0 Å². The fourth-order valence-electron chi connectivity index (χ4n) is 1.18. The van der Waals surface area contributed by atoms with Crippen LogP contribution in [0.3, 0.4) is 0 Å². The van der Waals surface area contributed by atoms with Crippen molar-refractivity contribution < 1.29 is 0 Å². The molecule has 1 aromatic rings. The van der Waals surface area contributed by atoms with Crippen molar-refractivity contribution in [3.8, 4) is 0 Å². The third-order valence-electron chi connectivity index (χ3n) is 1.67. The minimum Gasteiger partial charge on any atom is -0.323 e. The SMILES string of the molecule is CC(C)(C)CC(N)c1ccsn1. The lowest BCUT2D eigenvalue weighted by Crippen LogP contribution is -2.18. The zero-order valence-corrected chi connectivity index (χ0v) is 8.69. The predicted octanol–water partition coefficient (Wildman–Crippen LogP) is 2.58. The number of hydrogen-bond acceptors (Lipinski definition) is 3. The molecular weight excluding hydrogens is 168 g/mol. The van der Waals surface area contributed by atoms with E-state index < -0.39 is 0 Å². The maximum atomic E-state index is 5.97. The van der Waals surface area contributed by atoms with Crippen LogP contribution < -0.4 is 5.73 Å². The van der Waals surface area contributed by atoms with Gasteiger partial charge >= 0.3 is 0 Å². The molecule has 1 aromatic heterocycles. The van der Waals surface area contributed by atoms with Crippen LogP contribution in [0.4, 0.5) is 0 Å². The van der Waals surface area contributed by atoms with Crippen LogP contribution in [-0.4, -0.2) is 4.37 Å². The van der Waals surface area contributed by atoms with Crippen LogP contribution in [0.15, 0.2) is 11.4 Å². The zero-order valence-electron chi connectivity index (χ0n) is 7.87. The van der Waals surface area contributed by atoms with E-state index in [4.69, 9.17) is 5.73 Å². The molecule has 3 heteroatoms.